The van der Waals surface area contributed by atoms with E-state index in [2.05, 4.69) is 52.1 Å². The number of amides is 2. The van der Waals surface area contributed by atoms with Crippen molar-refractivity contribution in [3.8, 4) is 0 Å². The molecule has 1 aliphatic carbocycles. The number of nitrogens with one attached hydrogen (secondary N) is 1. The van der Waals surface area contributed by atoms with Crippen molar-refractivity contribution in [3.63, 3.8) is 0 Å². The molecule has 0 unspecified atom stereocenters. The Morgan fingerprint density at radius 1 is 1.17 bits per heavy atom. The molecule has 1 aliphatic heterocycles. The van der Waals surface area contributed by atoms with Gasteiger partial charge >= 0.3 is 6.03 Å². The average molecular weight is 411 g/mol. The van der Waals surface area contributed by atoms with Gasteiger partial charge in [-0.3, -0.25) is 5.32 Å². The van der Waals surface area contributed by atoms with Crippen LogP contribution in [-0.2, 0) is 0 Å². The van der Waals surface area contributed by atoms with Gasteiger partial charge in [-0.05, 0) is 51.7 Å². The molecule has 3 aromatic rings. The molecule has 0 bridgehead atoms. The fourth-order valence-corrected chi connectivity index (χ4v) is 5.12. The van der Waals surface area contributed by atoms with Crippen LogP contribution in [0.3, 0.4) is 0 Å². The third-order valence-electron chi connectivity index (χ3n) is 5.79. The highest BCUT2D eigenvalue weighted by Crippen LogP contribution is 2.42. The highest BCUT2D eigenvalue weighted by Gasteiger charge is 2.31. The van der Waals surface area contributed by atoms with E-state index in [9.17, 15) is 4.79 Å². The molecule has 1 saturated carbocycles. The van der Waals surface area contributed by atoms with Crippen LogP contribution >= 0.6 is 11.3 Å². The Morgan fingerprint density at radius 2 is 2.00 bits per heavy atom. The second-order valence-electron chi connectivity index (χ2n) is 8.36. The molecule has 3 heterocycles. The van der Waals surface area contributed by atoms with Gasteiger partial charge in [-0.2, -0.15) is 0 Å². The fourth-order valence-electron chi connectivity index (χ4n) is 4.22. The molecule has 1 saturated heterocycles. The van der Waals surface area contributed by atoms with Crippen molar-refractivity contribution in [2.75, 3.05) is 18.4 Å². The van der Waals surface area contributed by atoms with E-state index in [4.69, 9.17) is 4.98 Å². The number of carbonyl (C=O) groups excluding carboxylic acids is 1. The van der Waals surface area contributed by atoms with Gasteiger partial charge in [0.25, 0.3) is 0 Å². The van der Waals surface area contributed by atoms with Gasteiger partial charge in [-0.1, -0.05) is 23.5 Å². The number of fused-ring (bicyclic) bond motifs is 1. The summed E-state index contributed by atoms with van der Waals surface area (Å²) in [6.45, 7) is 5.82. The quantitative estimate of drug-likeness (QED) is 0.673. The molecule has 2 amide bonds. The Balaban J connectivity index is 1.34. The maximum absolute atomic E-state index is 12.9. The van der Waals surface area contributed by atoms with Gasteiger partial charge in [0.05, 0.1) is 11.0 Å². The molecule has 0 spiro atoms. The minimum Gasteiger partial charge on any atom is -0.325 e. The van der Waals surface area contributed by atoms with Gasteiger partial charge in [0, 0.05) is 31.0 Å². The van der Waals surface area contributed by atoms with Crippen molar-refractivity contribution in [1.82, 2.24) is 24.6 Å². The summed E-state index contributed by atoms with van der Waals surface area (Å²) in [5, 5.41) is 13.0. The number of benzene rings is 1. The molecule has 2 aliphatic rings. The second-order valence-corrected chi connectivity index (χ2v) is 9.37. The standard InChI is InChI=1S/C21H26N6OS/c1-13(2)27-17-8-4-3-7-16(17)22-18(27)15-6-5-11-26(12-15)21(28)23-20-25-24-19(29-20)14-9-10-14/h3-4,7-8,13-15H,5-6,9-12H2,1-2H3,(H,23,25,28)/t15-/m0/s1. The zero-order valence-electron chi connectivity index (χ0n) is 16.8. The molecule has 1 aromatic carbocycles. The molecule has 2 fully saturated rings. The summed E-state index contributed by atoms with van der Waals surface area (Å²) < 4.78 is 2.33. The van der Waals surface area contributed by atoms with Crippen LogP contribution in [0.5, 0.6) is 0 Å². The minimum absolute atomic E-state index is 0.0830. The third kappa shape index (κ3) is 3.61. The number of nitrogens with zero attached hydrogens (tertiary/aromatic N) is 5. The smallest absolute Gasteiger partial charge is 0.323 e. The maximum Gasteiger partial charge on any atom is 0.323 e. The number of hydrogen-bond acceptors (Lipinski definition) is 5. The van der Waals surface area contributed by atoms with Crippen LogP contribution in [0.1, 0.15) is 68.2 Å². The summed E-state index contributed by atoms with van der Waals surface area (Å²) in [7, 11) is 0. The number of likely N-dealkylation sites (tertiary alicyclic amines) is 1. The number of carbonyl (C=O) groups is 1. The van der Waals surface area contributed by atoms with Crippen molar-refractivity contribution >= 4 is 33.5 Å². The first-order chi connectivity index (χ1) is 14.1. The topological polar surface area (TPSA) is 75.9 Å². The molecule has 1 atom stereocenters. The first kappa shape index (κ1) is 18.5. The van der Waals surface area contributed by atoms with Crippen molar-refractivity contribution < 1.29 is 4.79 Å². The molecule has 7 nitrogen and oxygen atoms in total. The van der Waals surface area contributed by atoms with Crippen LogP contribution in [0.4, 0.5) is 9.93 Å². The number of anilines is 1. The number of piperidine rings is 1. The van der Waals surface area contributed by atoms with E-state index in [1.54, 1.807) is 0 Å². The van der Waals surface area contributed by atoms with E-state index in [1.165, 1.54) is 29.7 Å². The molecule has 0 radical (unpaired) electrons. The first-order valence-corrected chi connectivity index (χ1v) is 11.3. The van der Waals surface area contributed by atoms with Crippen LogP contribution < -0.4 is 5.32 Å². The number of hydrogen-bond donors (Lipinski definition) is 1. The highest BCUT2D eigenvalue weighted by molar-refractivity contribution is 7.15. The molecule has 5 rings (SSSR count). The van der Waals surface area contributed by atoms with E-state index in [0.29, 0.717) is 23.6 Å². The Bertz CT molecular complexity index is 1040. The summed E-state index contributed by atoms with van der Waals surface area (Å²) in [5.74, 6) is 1.88. The number of urea groups is 1. The minimum atomic E-state index is -0.0830. The molecule has 2 aromatic heterocycles. The SMILES string of the molecule is CC(C)n1c([C@H]2CCCN(C(=O)Nc3nnc(C4CC4)s3)C2)nc2ccccc21. The van der Waals surface area contributed by atoms with Crippen molar-refractivity contribution in [2.24, 2.45) is 0 Å². The molecule has 8 heteroatoms. The Labute approximate surface area is 174 Å². The zero-order chi connectivity index (χ0) is 20.0. The maximum atomic E-state index is 12.9. The highest BCUT2D eigenvalue weighted by atomic mass is 32.1. The summed E-state index contributed by atoms with van der Waals surface area (Å²) >= 11 is 1.51. The van der Waals surface area contributed by atoms with Gasteiger partial charge in [0.2, 0.25) is 5.13 Å². The molecular weight excluding hydrogens is 384 g/mol. The van der Waals surface area contributed by atoms with Crippen LogP contribution in [0, 0.1) is 0 Å². The van der Waals surface area contributed by atoms with Crippen molar-refractivity contribution in [2.45, 2.75) is 57.4 Å². The van der Waals surface area contributed by atoms with E-state index in [-0.39, 0.29) is 11.9 Å². The summed E-state index contributed by atoms with van der Waals surface area (Å²) in [6, 6.07) is 8.53. The summed E-state index contributed by atoms with van der Waals surface area (Å²) in [5.41, 5.74) is 2.19. The fraction of sp³-hybridized carbons (Fsp3) is 0.524. The van der Waals surface area contributed by atoms with Crippen LogP contribution in [0.15, 0.2) is 24.3 Å². The largest absolute Gasteiger partial charge is 0.325 e. The lowest BCUT2D eigenvalue weighted by Gasteiger charge is -2.32. The number of imidazole rings is 1. The predicted molar refractivity (Wildman–Crippen MR) is 115 cm³/mol. The molecular formula is C21H26N6OS. The third-order valence-corrected chi connectivity index (χ3v) is 6.80. The lowest BCUT2D eigenvalue weighted by atomic mass is 9.97. The Kier molecular flexibility index (Phi) is 4.73. The van der Waals surface area contributed by atoms with Gasteiger partial charge in [-0.15, -0.1) is 10.2 Å². The van der Waals surface area contributed by atoms with Crippen LogP contribution in [0.2, 0.25) is 0 Å². The van der Waals surface area contributed by atoms with E-state index in [1.807, 2.05) is 11.0 Å². The molecule has 152 valence electrons. The zero-order valence-corrected chi connectivity index (χ0v) is 17.7. The van der Waals surface area contributed by atoms with Crippen molar-refractivity contribution in [1.29, 1.82) is 0 Å². The summed E-state index contributed by atoms with van der Waals surface area (Å²) in [6.07, 6.45) is 4.40. The van der Waals surface area contributed by atoms with Gasteiger partial charge < -0.3 is 9.47 Å². The van der Waals surface area contributed by atoms with Crippen LogP contribution in [-0.4, -0.2) is 43.8 Å². The number of aromatic nitrogens is 4. The monoisotopic (exact) mass is 410 g/mol. The van der Waals surface area contributed by atoms with E-state index >= 15 is 0 Å². The first-order valence-electron chi connectivity index (χ1n) is 10.5. The van der Waals surface area contributed by atoms with Gasteiger partial charge in [0.15, 0.2) is 0 Å². The van der Waals surface area contributed by atoms with Crippen molar-refractivity contribution in [3.05, 3.63) is 35.1 Å². The summed E-state index contributed by atoms with van der Waals surface area (Å²) in [4.78, 5) is 19.7. The lowest BCUT2D eigenvalue weighted by molar-refractivity contribution is 0.190. The molecule has 29 heavy (non-hydrogen) atoms. The van der Waals surface area contributed by atoms with Crippen LogP contribution in [0.25, 0.3) is 11.0 Å². The number of rotatable bonds is 4. The molecule has 1 N–H and O–H groups in total. The Morgan fingerprint density at radius 3 is 2.79 bits per heavy atom. The van der Waals surface area contributed by atoms with Gasteiger partial charge in [-0.25, -0.2) is 9.78 Å². The average Bonchev–Trinajstić information content (AvgIpc) is 3.34. The predicted octanol–water partition coefficient (Wildman–Crippen LogP) is 4.76. The van der Waals surface area contributed by atoms with E-state index < -0.39 is 0 Å². The van der Waals surface area contributed by atoms with E-state index in [0.717, 1.165) is 35.7 Å². The number of para-hydroxylation sites is 2. The van der Waals surface area contributed by atoms with Gasteiger partial charge in [0.1, 0.15) is 10.8 Å². The lowest BCUT2D eigenvalue weighted by Crippen LogP contribution is -2.42. The normalized spacial score (nSPS) is 19.8. The second kappa shape index (κ2) is 7.40. The Hall–Kier alpha value is -2.48.